The van der Waals surface area contributed by atoms with Crippen LogP contribution in [0.15, 0.2) is 30.3 Å². The number of benzene rings is 2. The molecule has 0 bridgehead atoms. The molecule has 2 atom stereocenters. The maximum atomic E-state index is 13.6. The van der Waals surface area contributed by atoms with Gasteiger partial charge < -0.3 is 15.0 Å². The highest BCUT2D eigenvalue weighted by Gasteiger charge is 2.52. The second kappa shape index (κ2) is 9.05. The van der Waals surface area contributed by atoms with Gasteiger partial charge in [0.1, 0.15) is 0 Å². The van der Waals surface area contributed by atoms with E-state index in [9.17, 15) is 31.1 Å². The van der Waals surface area contributed by atoms with Crippen LogP contribution in [0, 0.1) is 29.6 Å². The van der Waals surface area contributed by atoms with Crippen LogP contribution >= 0.6 is 11.6 Å². The summed E-state index contributed by atoms with van der Waals surface area (Å²) < 4.78 is 85.6. The topological polar surface area (TPSA) is 89.2 Å². The minimum atomic E-state index is -5.05. The van der Waals surface area contributed by atoms with Crippen molar-refractivity contribution in [1.29, 1.82) is 10.5 Å². The average molecular weight is 503 g/mol. The lowest BCUT2D eigenvalue weighted by Gasteiger charge is -2.27. The lowest BCUT2D eigenvalue weighted by molar-refractivity contribution is -0.212. The molecule has 0 radical (unpaired) electrons. The third kappa shape index (κ3) is 5.03. The van der Waals surface area contributed by atoms with Crippen LogP contribution in [0.5, 0.6) is 0 Å². The molecule has 0 aliphatic carbocycles. The quantitative estimate of drug-likeness (QED) is 0.587. The van der Waals surface area contributed by atoms with Crippen molar-refractivity contribution in [2.45, 2.75) is 31.6 Å². The first-order valence-electron chi connectivity index (χ1n) is 9.37. The molecule has 1 aliphatic heterocycles. The van der Waals surface area contributed by atoms with Crippen molar-refractivity contribution in [1.82, 2.24) is 0 Å². The van der Waals surface area contributed by atoms with E-state index in [0.717, 1.165) is 12.1 Å². The summed E-state index contributed by atoms with van der Waals surface area (Å²) in [5.41, 5.74) is -2.10. The first-order valence-corrected chi connectivity index (χ1v) is 9.75. The van der Waals surface area contributed by atoms with Gasteiger partial charge in [-0.15, -0.1) is 0 Å². The minimum absolute atomic E-state index is 0.0333. The van der Waals surface area contributed by atoms with Crippen LogP contribution in [-0.2, 0) is 15.7 Å². The number of halogens is 7. The summed E-state index contributed by atoms with van der Waals surface area (Å²) >= 11 is 6.05. The monoisotopic (exact) mass is 502 g/mol. The number of amides is 1. The Morgan fingerprint density at radius 3 is 2.35 bits per heavy atom. The smallest absolute Gasteiger partial charge is 0.335 e. The van der Waals surface area contributed by atoms with E-state index in [1.165, 1.54) is 25.1 Å². The first-order chi connectivity index (χ1) is 15.8. The minimum Gasteiger partial charge on any atom is -0.335 e. The lowest BCUT2D eigenvalue weighted by Crippen LogP contribution is -2.42. The van der Waals surface area contributed by atoms with Gasteiger partial charge in [0.25, 0.3) is 5.91 Å². The number of nitrogens with one attached hydrogen (secondary N) is 1. The molecule has 6 nitrogen and oxygen atoms in total. The van der Waals surface area contributed by atoms with Crippen molar-refractivity contribution >= 4 is 28.9 Å². The van der Waals surface area contributed by atoms with Crippen molar-refractivity contribution < 1.29 is 35.9 Å². The highest BCUT2D eigenvalue weighted by Crippen LogP contribution is 2.39. The zero-order valence-corrected chi connectivity index (χ0v) is 17.8. The molecule has 1 N–H and O–H groups in total. The van der Waals surface area contributed by atoms with Gasteiger partial charge in [0, 0.05) is 5.69 Å². The molecule has 178 valence electrons. The fourth-order valence-corrected chi connectivity index (χ4v) is 3.71. The van der Waals surface area contributed by atoms with Gasteiger partial charge in [-0.1, -0.05) is 11.6 Å². The van der Waals surface area contributed by atoms with Gasteiger partial charge in [-0.2, -0.15) is 36.9 Å². The summed E-state index contributed by atoms with van der Waals surface area (Å²) in [6.45, 7) is 0.782. The predicted molar refractivity (Wildman–Crippen MR) is 108 cm³/mol. The summed E-state index contributed by atoms with van der Waals surface area (Å²) in [5.74, 6) is -1.02. The van der Waals surface area contributed by atoms with E-state index in [0.29, 0.717) is 16.5 Å². The van der Waals surface area contributed by atoms with Gasteiger partial charge >= 0.3 is 12.4 Å². The van der Waals surface area contributed by atoms with Crippen LogP contribution in [-0.4, -0.2) is 31.0 Å². The molecule has 0 saturated carbocycles. The Labute approximate surface area is 193 Å². The number of carbonyl (C=O) groups is 1. The van der Waals surface area contributed by atoms with Crippen LogP contribution in [0.25, 0.3) is 0 Å². The molecule has 1 fully saturated rings. The van der Waals surface area contributed by atoms with E-state index in [1.54, 1.807) is 0 Å². The molecule has 1 heterocycles. The molecule has 34 heavy (non-hydrogen) atoms. The second-order valence-electron chi connectivity index (χ2n) is 7.26. The average Bonchev–Trinajstić information content (AvgIpc) is 3.21. The van der Waals surface area contributed by atoms with E-state index in [1.807, 2.05) is 6.07 Å². The molecule has 1 saturated heterocycles. The van der Waals surface area contributed by atoms with Crippen molar-refractivity contribution in [3.63, 3.8) is 0 Å². The molecule has 1 aliphatic rings. The lowest BCUT2D eigenvalue weighted by atomic mass is 10.1. The molecule has 2 aromatic rings. The highest BCUT2D eigenvalue weighted by molar-refractivity contribution is 6.34. The Balaban J connectivity index is 1.93. The summed E-state index contributed by atoms with van der Waals surface area (Å²) in [6, 6.07) is 7.92. The van der Waals surface area contributed by atoms with Gasteiger partial charge in [-0.3, -0.25) is 4.79 Å². The SMILES string of the molecule is Cc1cc(C#N)cc(Cl)c1NC(=O)[C@@H]1CN(c2ccc(C#N)c(C(F)(F)F)c2)[C@@H](C(F)(F)F)O1. The van der Waals surface area contributed by atoms with Crippen LogP contribution in [0.3, 0.4) is 0 Å². The summed E-state index contributed by atoms with van der Waals surface area (Å²) in [6.07, 6.45) is -14.5. The Morgan fingerprint density at radius 2 is 1.82 bits per heavy atom. The molecule has 0 spiro atoms. The fourth-order valence-electron chi connectivity index (χ4n) is 3.40. The first kappa shape index (κ1) is 25.1. The Kier molecular flexibility index (Phi) is 6.69. The molecule has 0 aromatic heterocycles. The van der Waals surface area contributed by atoms with Crippen LogP contribution in [0.1, 0.15) is 22.3 Å². The predicted octanol–water partition coefficient (Wildman–Crippen LogP) is 5.14. The highest BCUT2D eigenvalue weighted by atomic mass is 35.5. The van der Waals surface area contributed by atoms with Gasteiger partial charge in [-0.25, -0.2) is 0 Å². The van der Waals surface area contributed by atoms with E-state index in [4.69, 9.17) is 26.9 Å². The van der Waals surface area contributed by atoms with Crippen LogP contribution in [0.2, 0.25) is 5.02 Å². The van der Waals surface area contributed by atoms with E-state index in [2.05, 4.69) is 5.32 Å². The van der Waals surface area contributed by atoms with Crippen molar-refractivity contribution in [3.05, 3.63) is 57.6 Å². The van der Waals surface area contributed by atoms with Gasteiger partial charge in [-0.05, 0) is 42.8 Å². The summed E-state index contributed by atoms with van der Waals surface area (Å²) in [4.78, 5) is 13.1. The number of hydrogen-bond donors (Lipinski definition) is 1. The maximum absolute atomic E-state index is 13.6. The van der Waals surface area contributed by atoms with Gasteiger partial charge in [0.2, 0.25) is 6.23 Å². The van der Waals surface area contributed by atoms with E-state index in [-0.39, 0.29) is 16.3 Å². The number of aryl methyl sites for hydroxylation is 1. The third-order valence-electron chi connectivity index (χ3n) is 4.94. The zero-order valence-electron chi connectivity index (χ0n) is 17.1. The van der Waals surface area contributed by atoms with E-state index < -0.39 is 54.0 Å². The third-order valence-corrected chi connectivity index (χ3v) is 5.23. The zero-order chi connectivity index (χ0) is 25.4. The number of nitriles is 2. The standard InChI is InChI=1S/C21H13ClF6N4O2/c1-10-4-11(7-29)5-15(22)17(10)31-18(33)16-9-32(19(34-16)21(26,27)28)13-3-2-12(8-30)14(6-13)20(23,24)25/h2-6,16,19H,9H2,1H3,(H,31,33)/t16-,19+/m0/s1. The summed E-state index contributed by atoms with van der Waals surface area (Å²) in [5, 5.41) is 20.2. The normalized spacial score (nSPS) is 18.4. The van der Waals surface area contributed by atoms with Crippen LogP contribution in [0.4, 0.5) is 37.7 Å². The molecule has 3 rings (SSSR count). The van der Waals surface area contributed by atoms with Crippen molar-refractivity contribution in [2.24, 2.45) is 0 Å². The number of nitrogens with zero attached hydrogens (tertiary/aromatic N) is 3. The maximum Gasteiger partial charge on any atom is 0.433 e. The van der Waals surface area contributed by atoms with Crippen molar-refractivity contribution in [2.75, 3.05) is 16.8 Å². The summed E-state index contributed by atoms with van der Waals surface area (Å²) in [7, 11) is 0. The van der Waals surface area contributed by atoms with Gasteiger partial charge in [0.15, 0.2) is 6.10 Å². The Morgan fingerprint density at radius 1 is 1.15 bits per heavy atom. The number of rotatable bonds is 3. The van der Waals surface area contributed by atoms with Gasteiger partial charge in [0.05, 0.1) is 46.1 Å². The Bertz CT molecular complexity index is 1190. The molecular weight excluding hydrogens is 490 g/mol. The number of carbonyl (C=O) groups excluding carboxylic acids is 1. The molecule has 13 heteroatoms. The Hall–Kier alpha value is -3.48. The van der Waals surface area contributed by atoms with Crippen LogP contribution < -0.4 is 10.2 Å². The number of ether oxygens (including phenoxy) is 1. The molecular formula is C21H13ClF6N4O2. The molecule has 1 amide bonds. The van der Waals surface area contributed by atoms with E-state index >= 15 is 0 Å². The second-order valence-corrected chi connectivity index (χ2v) is 7.67. The number of anilines is 2. The molecule has 2 aromatic carbocycles. The number of hydrogen-bond acceptors (Lipinski definition) is 5. The van der Waals surface area contributed by atoms with Crippen molar-refractivity contribution in [3.8, 4) is 12.1 Å². The fraction of sp³-hybridized carbons (Fsp3) is 0.286. The number of alkyl halides is 6. The largest absolute Gasteiger partial charge is 0.433 e. The molecule has 0 unspecified atom stereocenters.